The molecule has 0 N–H and O–H groups in total. The van der Waals surface area contributed by atoms with Crippen molar-refractivity contribution < 1.29 is 4.74 Å². The lowest BCUT2D eigenvalue weighted by Gasteiger charge is -2.21. The second-order valence-electron chi connectivity index (χ2n) is 2.20. The Labute approximate surface area is 57.7 Å². The smallest absolute Gasteiger partial charge is 0.0688 e. The van der Waals surface area contributed by atoms with Gasteiger partial charge in [0.25, 0.3) is 0 Å². The molecule has 0 aromatic rings. The summed E-state index contributed by atoms with van der Waals surface area (Å²) in [5, 5.41) is 0. The minimum Gasteiger partial charge on any atom is -0.371 e. The molecule has 2 radical (unpaired) electrons. The summed E-state index contributed by atoms with van der Waals surface area (Å²) in [6, 6.07) is 0. The van der Waals surface area contributed by atoms with Crippen LogP contribution in [0.15, 0.2) is 12.7 Å². The molecule has 0 spiro atoms. The van der Waals surface area contributed by atoms with Crippen LogP contribution in [-0.4, -0.2) is 12.2 Å². The van der Waals surface area contributed by atoms with Crippen LogP contribution in [0.2, 0.25) is 0 Å². The quantitative estimate of drug-likeness (QED) is 0.523. The number of rotatable bonds is 4. The van der Waals surface area contributed by atoms with E-state index >= 15 is 0 Å². The molecule has 0 saturated carbocycles. The van der Waals surface area contributed by atoms with Crippen molar-refractivity contribution in [2.45, 2.75) is 19.4 Å². The highest BCUT2D eigenvalue weighted by molar-refractivity contribution is 4.90. The first-order valence-corrected chi connectivity index (χ1v) is 3.03. The fourth-order valence-electron chi connectivity index (χ4n) is 0.333. The Hall–Kier alpha value is -0.300. The van der Waals surface area contributed by atoms with Crippen LogP contribution in [0.25, 0.3) is 0 Å². The van der Waals surface area contributed by atoms with Gasteiger partial charge in [-0.1, -0.05) is 13.0 Å². The molecule has 1 atom stereocenters. The van der Waals surface area contributed by atoms with Gasteiger partial charge in [-0.2, -0.15) is 0 Å². The van der Waals surface area contributed by atoms with Crippen molar-refractivity contribution in [3.63, 3.8) is 0 Å². The summed E-state index contributed by atoms with van der Waals surface area (Å²) < 4.78 is 5.24. The zero-order valence-corrected chi connectivity index (χ0v) is 6.18. The van der Waals surface area contributed by atoms with Crippen molar-refractivity contribution in [3.05, 3.63) is 26.0 Å². The molecule has 0 fully saturated rings. The van der Waals surface area contributed by atoms with Gasteiger partial charge in [0.05, 0.1) is 12.2 Å². The SMILES string of the molecule is [CH2]C(C)([CH]C)OCC=C. The first-order chi connectivity index (χ1) is 4.12. The van der Waals surface area contributed by atoms with Gasteiger partial charge in [0.15, 0.2) is 0 Å². The maximum atomic E-state index is 5.24. The van der Waals surface area contributed by atoms with E-state index in [0.29, 0.717) is 6.61 Å². The molecule has 0 aliphatic carbocycles. The molecule has 0 aromatic carbocycles. The van der Waals surface area contributed by atoms with E-state index in [9.17, 15) is 0 Å². The maximum absolute atomic E-state index is 5.24. The number of hydrogen-bond donors (Lipinski definition) is 0. The Morgan fingerprint density at radius 2 is 2.22 bits per heavy atom. The summed E-state index contributed by atoms with van der Waals surface area (Å²) in [4.78, 5) is 0. The Morgan fingerprint density at radius 1 is 1.67 bits per heavy atom. The molecule has 0 aliphatic heterocycles. The summed E-state index contributed by atoms with van der Waals surface area (Å²) in [7, 11) is 0. The van der Waals surface area contributed by atoms with Crippen LogP contribution < -0.4 is 0 Å². The third-order valence-corrected chi connectivity index (χ3v) is 1.14. The van der Waals surface area contributed by atoms with Crippen LogP contribution in [0.5, 0.6) is 0 Å². The fourth-order valence-corrected chi connectivity index (χ4v) is 0.333. The topological polar surface area (TPSA) is 9.23 Å². The van der Waals surface area contributed by atoms with Gasteiger partial charge >= 0.3 is 0 Å². The van der Waals surface area contributed by atoms with Crippen molar-refractivity contribution >= 4 is 0 Å². The number of ether oxygens (including phenoxy) is 1. The van der Waals surface area contributed by atoms with Crippen LogP contribution >= 0.6 is 0 Å². The molecule has 0 saturated heterocycles. The maximum Gasteiger partial charge on any atom is 0.0688 e. The van der Waals surface area contributed by atoms with E-state index in [4.69, 9.17) is 4.74 Å². The molecule has 1 heteroatoms. The highest BCUT2D eigenvalue weighted by atomic mass is 16.5. The predicted molar refractivity (Wildman–Crippen MR) is 39.9 cm³/mol. The molecule has 0 aromatic heterocycles. The standard InChI is InChI=1S/C8H14O/c1-5-7-9-8(3,4)6-2/h5-6H,1,3,7H2,2,4H3. The lowest BCUT2D eigenvalue weighted by molar-refractivity contribution is 0.0476. The van der Waals surface area contributed by atoms with Gasteiger partial charge in [-0.15, -0.1) is 6.58 Å². The van der Waals surface area contributed by atoms with E-state index in [2.05, 4.69) is 13.5 Å². The molecular formula is C8H14O. The molecule has 1 unspecified atom stereocenters. The second-order valence-corrected chi connectivity index (χ2v) is 2.20. The third-order valence-electron chi connectivity index (χ3n) is 1.14. The van der Waals surface area contributed by atoms with Crippen molar-refractivity contribution in [3.8, 4) is 0 Å². The van der Waals surface area contributed by atoms with Gasteiger partial charge in [0.1, 0.15) is 0 Å². The molecule has 52 valence electrons. The monoisotopic (exact) mass is 126 g/mol. The van der Waals surface area contributed by atoms with E-state index in [1.807, 2.05) is 20.3 Å². The van der Waals surface area contributed by atoms with E-state index in [-0.39, 0.29) is 5.60 Å². The Kier molecular flexibility index (Phi) is 3.55. The zero-order chi connectivity index (χ0) is 7.33. The van der Waals surface area contributed by atoms with Crippen LogP contribution in [0.1, 0.15) is 13.8 Å². The van der Waals surface area contributed by atoms with E-state index in [1.165, 1.54) is 0 Å². The van der Waals surface area contributed by atoms with Crippen LogP contribution in [0, 0.1) is 13.3 Å². The Balaban J connectivity index is 3.44. The molecule has 0 rings (SSSR count). The van der Waals surface area contributed by atoms with Gasteiger partial charge in [0, 0.05) is 0 Å². The molecule has 0 bridgehead atoms. The first kappa shape index (κ1) is 8.70. The van der Waals surface area contributed by atoms with E-state index in [0.717, 1.165) is 0 Å². The minimum absolute atomic E-state index is 0.353. The average Bonchev–Trinajstić information content (AvgIpc) is 1.84. The van der Waals surface area contributed by atoms with Crippen molar-refractivity contribution in [2.75, 3.05) is 6.61 Å². The zero-order valence-electron chi connectivity index (χ0n) is 6.18. The molecule has 1 nitrogen and oxygen atoms in total. The van der Waals surface area contributed by atoms with Gasteiger partial charge < -0.3 is 4.74 Å². The molecule has 0 aliphatic rings. The van der Waals surface area contributed by atoms with Crippen molar-refractivity contribution in [1.29, 1.82) is 0 Å². The summed E-state index contributed by atoms with van der Waals surface area (Å²) in [5.74, 6) is 0. The second kappa shape index (κ2) is 3.67. The lowest BCUT2D eigenvalue weighted by Crippen LogP contribution is -2.23. The van der Waals surface area contributed by atoms with Gasteiger partial charge in [-0.25, -0.2) is 0 Å². The molecule has 9 heavy (non-hydrogen) atoms. The Morgan fingerprint density at radius 3 is 2.56 bits per heavy atom. The summed E-state index contributed by atoms with van der Waals surface area (Å²) in [6.07, 6.45) is 3.63. The van der Waals surface area contributed by atoms with Gasteiger partial charge in [-0.05, 0) is 20.3 Å². The minimum atomic E-state index is -0.353. The lowest BCUT2D eigenvalue weighted by atomic mass is 10.1. The van der Waals surface area contributed by atoms with Crippen LogP contribution in [0.3, 0.4) is 0 Å². The summed E-state index contributed by atoms with van der Waals surface area (Å²) >= 11 is 0. The molecular weight excluding hydrogens is 112 g/mol. The normalized spacial score (nSPS) is 11.4. The third kappa shape index (κ3) is 4.22. The largest absolute Gasteiger partial charge is 0.371 e. The first-order valence-electron chi connectivity index (χ1n) is 3.03. The molecule has 0 heterocycles. The van der Waals surface area contributed by atoms with Gasteiger partial charge in [-0.3, -0.25) is 0 Å². The number of hydrogen-bond acceptors (Lipinski definition) is 1. The Bertz CT molecular complexity index is 84.6. The fraction of sp³-hybridized carbons (Fsp3) is 0.500. The van der Waals surface area contributed by atoms with Gasteiger partial charge in [0.2, 0.25) is 0 Å². The highest BCUT2D eigenvalue weighted by Gasteiger charge is 2.13. The summed E-state index contributed by atoms with van der Waals surface area (Å²) in [6.45, 7) is 11.7. The van der Waals surface area contributed by atoms with Crippen molar-refractivity contribution in [1.82, 2.24) is 0 Å². The predicted octanol–water partition coefficient (Wildman–Crippen LogP) is 2.01. The van der Waals surface area contributed by atoms with E-state index in [1.54, 1.807) is 6.08 Å². The highest BCUT2D eigenvalue weighted by Crippen LogP contribution is 2.10. The van der Waals surface area contributed by atoms with Crippen LogP contribution in [-0.2, 0) is 4.74 Å². The van der Waals surface area contributed by atoms with Crippen molar-refractivity contribution in [2.24, 2.45) is 0 Å². The van der Waals surface area contributed by atoms with Crippen LogP contribution in [0.4, 0.5) is 0 Å². The average molecular weight is 126 g/mol. The van der Waals surface area contributed by atoms with E-state index < -0.39 is 0 Å². The molecule has 0 amide bonds. The summed E-state index contributed by atoms with van der Waals surface area (Å²) in [5.41, 5.74) is -0.353.